The van der Waals surface area contributed by atoms with E-state index in [9.17, 15) is 4.79 Å². The standard InChI is InChI=1S/C13H23N3O2/c1-4-10(2)16(3)8-7-15-13(17)12-6-5-11(9-14)18-12/h5-6,10H,4,7-9,14H2,1-3H3,(H,15,17). The third kappa shape index (κ3) is 4.16. The van der Waals surface area contributed by atoms with Crippen molar-refractivity contribution in [3.8, 4) is 0 Å². The van der Waals surface area contributed by atoms with Crippen molar-refractivity contribution in [2.75, 3.05) is 20.1 Å². The van der Waals surface area contributed by atoms with Crippen LogP contribution in [0.3, 0.4) is 0 Å². The van der Waals surface area contributed by atoms with Gasteiger partial charge in [-0.05, 0) is 32.5 Å². The Balaban J connectivity index is 2.33. The third-order valence-electron chi connectivity index (χ3n) is 3.18. The Morgan fingerprint density at radius 2 is 2.28 bits per heavy atom. The van der Waals surface area contributed by atoms with E-state index < -0.39 is 0 Å². The molecule has 1 amide bonds. The molecule has 0 aliphatic rings. The summed E-state index contributed by atoms with van der Waals surface area (Å²) in [6, 6.07) is 3.89. The van der Waals surface area contributed by atoms with Crippen LogP contribution < -0.4 is 11.1 Å². The van der Waals surface area contributed by atoms with Gasteiger partial charge >= 0.3 is 0 Å². The van der Waals surface area contributed by atoms with Crippen LogP contribution in [0.5, 0.6) is 0 Å². The number of carbonyl (C=O) groups excluding carboxylic acids is 1. The minimum absolute atomic E-state index is 0.188. The van der Waals surface area contributed by atoms with Crippen molar-refractivity contribution in [3.63, 3.8) is 0 Å². The van der Waals surface area contributed by atoms with Gasteiger partial charge in [-0.15, -0.1) is 0 Å². The Bertz CT molecular complexity index is 376. The fourth-order valence-electron chi connectivity index (χ4n) is 1.57. The van der Waals surface area contributed by atoms with Gasteiger partial charge in [-0.2, -0.15) is 0 Å². The molecule has 0 aromatic carbocycles. The fraction of sp³-hybridized carbons (Fsp3) is 0.615. The first kappa shape index (κ1) is 14.7. The van der Waals surface area contributed by atoms with E-state index in [0.717, 1.165) is 13.0 Å². The summed E-state index contributed by atoms with van der Waals surface area (Å²) >= 11 is 0. The molecule has 1 atom stereocenters. The van der Waals surface area contributed by atoms with Gasteiger partial charge in [0.25, 0.3) is 5.91 Å². The zero-order chi connectivity index (χ0) is 13.5. The van der Waals surface area contributed by atoms with Gasteiger partial charge in [0.15, 0.2) is 5.76 Å². The van der Waals surface area contributed by atoms with Crippen LogP contribution >= 0.6 is 0 Å². The predicted octanol–water partition coefficient (Wildman–Crippen LogP) is 1.20. The van der Waals surface area contributed by atoms with E-state index in [-0.39, 0.29) is 5.91 Å². The van der Waals surface area contributed by atoms with Gasteiger partial charge in [-0.1, -0.05) is 6.92 Å². The highest BCUT2D eigenvalue weighted by Crippen LogP contribution is 2.06. The molecular weight excluding hydrogens is 230 g/mol. The Labute approximate surface area is 108 Å². The number of hydrogen-bond acceptors (Lipinski definition) is 4. The van der Waals surface area contributed by atoms with Crippen molar-refractivity contribution in [3.05, 3.63) is 23.7 Å². The number of carbonyl (C=O) groups is 1. The van der Waals surface area contributed by atoms with Gasteiger partial charge in [0.1, 0.15) is 5.76 Å². The van der Waals surface area contributed by atoms with Crippen molar-refractivity contribution >= 4 is 5.91 Å². The molecule has 0 saturated carbocycles. The molecule has 0 radical (unpaired) electrons. The Kier molecular flexibility index (Phi) is 5.88. The smallest absolute Gasteiger partial charge is 0.287 e. The number of nitrogens with zero attached hydrogens (tertiary/aromatic N) is 1. The number of hydrogen-bond donors (Lipinski definition) is 2. The molecule has 18 heavy (non-hydrogen) atoms. The SMILES string of the molecule is CCC(C)N(C)CCNC(=O)c1ccc(CN)o1. The highest BCUT2D eigenvalue weighted by Gasteiger charge is 2.11. The molecule has 1 aromatic rings. The summed E-state index contributed by atoms with van der Waals surface area (Å²) in [5.74, 6) is 0.755. The summed E-state index contributed by atoms with van der Waals surface area (Å²) in [6.45, 7) is 6.06. The largest absolute Gasteiger partial charge is 0.455 e. The monoisotopic (exact) mass is 253 g/mol. The topological polar surface area (TPSA) is 71.5 Å². The maximum atomic E-state index is 11.7. The molecule has 3 N–H and O–H groups in total. The van der Waals surface area contributed by atoms with Crippen molar-refractivity contribution in [1.82, 2.24) is 10.2 Å². The van der Waals surface area contributed by atoms with E-state index in [0.29, 0.717) is 30.7 Å². The van der Waals surface area contributed by atoms with Crippen molar-refractivity contribution in [1.29, 1.82) is 0 Å². The normalized spacial score (nSPS) is 12.7. The minimum Gasteiger partial charge on any atom is -0.455 e. The molecule has 1 aromatic heterocycles. The lowest BCUT2D eigenvalue weighted by molar-refractivity contribution is 0.0918. The van der Waals surface area contributed by atoms with E-state index in [1.165, 1.54) is 0 Å². The van der Waals surface area contributed by atoms with Gasteiger partial charge < -0.3 is 20.4 Å². The summed E-state index contributed by atoms with van der Waals surface area (Å²) < 4.78 is 5.27. The second kappa shape index (κ2) is 7.18. The summed E-state index contributed by atoms with van der Waals surface area (Å²) in [6.07, 6.45) is 1.10. The maximum Gasteiger partial charge on any atom is 0.287 e. The number of amides is 1. The molecule has 0 aliphatic heterocycles. The Morgan fingerprint density at radius 3 is 2.83 bits per heavy atom. The molecular formula is C13H23N3O2. The van der Waals surface area contributed by atoms with Gasteiger partial charge in [-0.25, -0.2) is 0 Å². The minimum atomic E-state index is -0.188. The second-order valence-corrected chi connectivity index (χ2v) is 4.46. The van der Waals surface area contributed by atoms with Crippen LogP contribution in [0.2, 0.25) is 0 Å². The molecule has 0 spiro atoms. The van der Waals surface area contributed by atoms with Gasteiger partial charge in [-0.3, -0.25) is 4.79 Å². The molecule has 0 fully saturated rings. The summed E-state index contributed by atoms with van der Waals surface area (Å²) in [5.41, 5.74) is 5.42. The average molecular weight is 253 g/mol. The van der Waals surface area contributed by atoms with E-state index in [1.807, 2.05) is 0 Å². The third-order valence-corrected chi connectivity index (χ3v) is 3.18. The number of likely N-dealkylation sites (N-methyl/N-ethyl adjacent to an activating group) is 1. The summed E-state index contributed by atoms with van der Waals surface area (Å²) in [4.78, 5) is 13.9. The van der Waals surface area contributed by atoms with Crippen LogP contribution in [0.4, 0.5) is 0 Å². The first-order valence-electron chi connectivity index (χ1n) is 6.35. The molecule has 102 valence electrons. The summed E-state index contributed by atoms with van der Waals surface area (Å²) in [7, 11) is 2.06. The lowest BCUT2D eigenvalue weighted by Gasteiger charge is -2.23. The van der Waals surface area contributed by atoms with Crippen LogP contribution in [0.25, 0.3) is 0 Å². The van der Waals surface area contributed by atoms with E-state index in [1.54, 1.807) is 12.1 Å². The Morgan fingerprint density at radius 1 is 1.56 bits per heavy atom. The highest BCUT2D eigenvalue weighted by molar-refractivity contribution is 5.91. The van der Waals surface area contributed by atoms with Gasteiger partial charge in [0.05, 0.1) is 6.54 Å². The molecule has 5 nitrogen and oxygen atoms in total. The fourth-order valence-corrected chi connectivity index (χ4v) is 1.57. The predicted molar refractivity (Wildman–Crippen MR) is 71.3 cm³/mol. The highest BCUT2D eigenvalue weighted by atomic mass is 16.4. The lowest BCUT2D eigenvalue weighted by Crippen LogP contribution is -2.36. The zero-order valence-electron chi connectivity index (χ0n) is 11.4. The average Bonchev–Trinajstić information content (AvgIpc) is 2.86. The first-order chi connectivity index (χ1) is 8.58. The van der Waals surface area contributed by atoms with Crippen LogP contribution in [0, 0.1) is 0 Å². The number of rotatable bonds is 7. The van der Waals surface area contributed by atoms with Gasteiger partial charge in [0.2, 0.25) is 0 Å². The van der Waals surface area contributed by atoms with Gasteiger partial charge in [0, 0.05) is 19.1 Å². The molecule has 1 unspecified atom stereocenters. The molecule has 0 aliphatic carbocycles. The van der Waals surface area contributed by atoms with Crippen LogP contribution in [0.1, 0.15) is 36.6 Å². The van der Waals surface area contributed by atoms with Crippen molar-refractivity contribution in [2.45, 2.75) is 32.9 Å². The molecule has 5 heteroatoms. The number of nitrogens with one attached hydrogen (secondary N) is 1. The van der Waals surface area contributed by atoms with E-state index in [2.05, 4.69) is 31.1 Å². The van der Waals surface area contributed by atoms with Crippen LogP contribution in [-0.2, 0) is 6.54 Å². The van der Waals surface area contributed by atoms with Crippen molar-refractivity contribution in [2.24, 2.45) is 5.73 Å². The lowest BCUT2D eigenvalue weighted by atomic mass is 10.2. The molecule has 0 bridgehead atoms. The maximum absolute atomic E-state index is 11.7. The molecule has 0 saturated heterocycles. The first-order valence-corrected chi connectivity index (χ1v) is 6.35. The van der Waals surface area contributed by atoms with E-state index in [4.69, 9.17) is 10.2 Å². The summed E-state index contributed by atoms with van der Waals surface area (Å²) in [5, 5.41) is 2.83. The van der Waals surface area contributed by atoms with Crippen LogP contribution in [-0.4, -0.2) is 37.0 Å². The Hall–Kier alpha value is -1.33. The second-order valence-electron chi connectivity index (χ2n) is 4.46. The van der Waals surface area contributed by atoms with Crippen molar-refractivity contribution < 1.29 is 9.21 Å². The molecule has 1 rings (SSSR count). The van der Waals surface area contributed by atoms with Crippen LogP contribution in [0.15, 0.2) is 16.5 Å². The molecule has 1 heterocycles. The quantitative estimate of drug-likeness (QED) is 0.766. The number of nitrogens with two attached hydrogens (primary N) is 1. The van der Waals surface area contributed by atoms with E-state index >= 15 is 0 Å². The zero-order valence-corrected chi connectivity index (χ0v) is 11.4. The number of furan rings is 1.